The van der Waals surface area contributed by atoms with Crippen molar-refractivity contribution in [1.29, 1.82) is 0 Å². The van der Waals surface area contributed by atoms with Crippen LogP contribution >= 0.6 is 0 Å². The first kappa shape index (κ1) is 18.1. The minimum absolute atomic E-state index is 0.124. The Hall–Kier alpha value is -2.33. The fraction of sp³-hybridized carbons (Fsp3) is 0.435. The Morgan fingerprint density at radius 2 is 1.85 bits per heavy atom. The van der Waals surface area contributed by atoms with Gasteiger partial charge in [0.1, 0.15) is 11.4 Å². The normalized spacial score (nSPS) is 19.3. The number of ether oxygens (including phenoxy) is 1. The van der Waals surface area contributed by atoms with Crippen LogP contribution in [-0.4, -0.2) is 40.9 Å². The topological polar surface area (TPSA) is 32.8 Å². The maximum Gasteiger partial charge on any atom is 0.219 e. The van der Waals surface area contributed by atoms with Crippen LogP contribution in [0.5, 0.6) is 5.75 Å². The van der Waals surface area contributed by atoms with E-state index >= 15 is 0 Å². The van der Waals surface area contributed by atoms with Gasteiger partial charge in [-0.25, -0.2) is 0 Å². The first-order chi connectivity index (χ1) is 13.0. The molecule has 2 aromatic carbocycles. The molecule has 27 heavy (non-hydrogen) atoms. The lowest BCUT2D eigenvalue weighted by Gasteiger charge is -2.42. The predicted octanol–water partition coefficient (Wildman–Crippen LogP) is 3.77. The molecule has 2 aromatic rings. The highest BCUT2D eigenvalue weighted by Crippen LogP contribution is 2.36. The molecule has 2 aliphatic rings. The third-order valence-corrected chi connectivity index (χ3v) is 5.84. The van der Waals surface area contributed by atoms with Crippen molar-refractivity contribution in [3.8, 4) is 5.75 Å². The van der Waals surface area contributed by atoms with E-state index in [-0.39, 0.29) is 11.5 Å². The molecule has 2 heterocycles. The molecular formula is C23H28N2O2. The second kappa shape index (κ2) is 7.35. The lowest BCUT2D eigenvalue weighted by atomic mass is 9.90. The predicted molar refractivity (Wildman–Crippen MR) is 107 cm³/mol. The number of carbonyl (C=O) groups excluding carboxylic acids is 1. The van der Waals surface area contributed by atoms with Gasteiger partial charge in [-0.05, 0) is 18.6 Å². The van der Waals surface area contributed by atoms with Crippen LogP contribution in [0.1, 0.15) is 36.5 Å². The monoisotopic (exact) mass is 364 g/mol. The van der Waals surface area contributed by atoms with Gasteiger partial charge in [0.2, 0.25) is 5.91 Å². The summed E-state index contributed by atoms with van der Waals surface area (Å²) in [6, 6.07) is 16.9. The summed E-state index contributed by atoms with van der Waals surface area (Å²) in [5.41, 5.74) is 3.39. The molecule has 1 saturated heterocycles. The summed E-state index contributed by atoms with van der Waals surface area (Å²) in [6.07, 6.45) is 1.88. The maximum absolute atomic E-state index is 12.2. The molecule has 4 heteroatoms. The molecule has 1 fully saturated rings. The first-order valence-electron chi connectivity index (χ1n) is 9.83. The number of rotatable bonds is 2. The van der Waals surface area contributed by atoms with Gasteiger partial charge in [0, 0.05) is 51.5 Å². The van der Waals surface area contributed by atoms with E-state index < -0.39 is 0 Å². The number of aryl methyl sites for hydroxylation is 1. The summed E-state index contributed by atoms with van der Waals surface area (Å²) < 4.78 is 6.60. The molecule has 0 aliphatic carbocycles. The number of likely N-dealkylation sites (tertiary alicyclic amines) is 1. The van der Waals surface area contributed by atoms with Crippen LogP contribution in [-0.2, 0) is 17.9 Å². The van der Waals surface area contributed by atoms with Crippen LogP contribution in [0.15, 0.2) is 48.5 Å². The Balaban J connectivity index is 1.52. The Morgan fingerprint density at radius 3 is 2.56 bits per heavy atom. The van der Waals surface area contributed by atoms with E-state index in [0.29, 0.717) is 13.1 Å². The minimum Gasteiger partial charge on any atom is -0.485 e. The second-order valence-corrected chi connectivity index (χ2v) is 8.03. The van der Waals surface area contributed by atoms with E-state index in [9.17, 15) is 4.79 Å². The SMILES string of the molecule is CC(=O)N1Cc2cc(C)ccc2OC2(CCN(Cc3ccccc3)CC2)C1. The van der Waals surface area contributed by atoms with Gasteiger partial charge < -0.3 is 9.64 Å². The highest BCUT2D eigenvalue weighted by molar-refractivity contribution is 5.73. The zero-order valence-electron chi connectivity index (χ0n) is 16.3. The number of hydrogen-bond acceptors (Lipinski definition) is 3. The molecule has 1 amide bonds. The van der Waals surface area contributed by atoms with E-state index in [1.54, 1.807) is 6.92 Å². The first-order valence-corrected chi connectivity index (χ1v) is 9.83. The van der Waals surface area contributed by atoms with Crippen molar-refractivity contribution in [1.82, 2.24) is 9.80 Å². The molecule has 1 spiro atoms. The van der Waals surface area contributed by atoms with E-state index in [1.807, 2.05) is 4.90 Å². The van der Waals surface area contributed by atoms with E-state index in [4.69, 9.17) is 4.74 Å². The summed E-state index contributed by atoms with van der Waals surface area (Å²) in [4.78, 5) is 16.7. The molecule has 4 rings (SSSR count). The van der Waals surface area contributed by atoms with Crippen LogP contribution in [0.25, 0.3) is 0 Å². The van der Waals surface area contributed by atoms with Gasteiger partial charge in [0.05, 0.1) is 6.54 Å². The molecule has 0 bridgehead atoms. The Kier molecular flexibility index (Phi) is 4.92. The average molecular weight is 364 g/mol. The quantitative estimate of drug-likeness (QED) is 0.813. The number of hydrogen-bond donors (Lipinski definition) is 0. The fourth-order valence-corrected chi connectivity index (χ4v) is 4.25. The molecule has 4 nitrogen and oxygen atoms in total. The number of carbonyl (C=O) groups is 1. The molecule has 142 valence electrons. The Morgan fingerprint density at radius 1 is 1.11 bits per heavy atom. The second-order valence-electron chi connectivity index (χ2n) is 8.03. The smallest absolute Gasteiger partial charge is 0.219 e. The van der Waals surface area contributed by atoms with Gasteiger partial charge >= 0.3 is 0 Å². The number of benzene rings is 2. The molecule has 0 unspecified atom stereocenters. The lowest BCUT2D eigenvalue weighted by Crippen LogP contribution is -2.53. The van der Waals surface area contributed by atoms with Crippen LogP contribution in [0.3, 0.4) is 0 Å². The third kappa shape index (κ3) is 4.01. The van der Waals surface area contributed by atoms with Crippen molar-refractivity contribution in [3.05, 3.63) is 65.2 Å². The van der Waals surface area contributed by atoms with Crippen molar-refractivity contribution in [2.75, 3.05) is 19.6 Å². The van der Waals surface area contributed by atoms with E-state index in [2.05, 4.69) is 60.4 Å². The molecule has 0 N–H and O–H groups in total. The fourth-order valence-electron chi connectivity index (χ4n) is 4.25. The highest BCUT2D eigenvalue weighted by atomic mass is 16.5. The third-order valence-electron chi connectivity index (χ3n) is 5.84. The number of amides is 1. The summed E-state index contributed by atoms with van der Waals surface area (Å²) >= 11 is 0. The number of fused-ring (bicyclic) bond motifs is 1. The van der Waals surface area contributed by atoms with Crippen molar-refractivity contribution in [2.24, 2.45) is 0 Å². The van der Waals surface area contributed by atoms with Gasteiger partial charge in [-0.15, -0.1) is 0 Å². The van der Waals surface area contributed by atoms with E-state index in [0.717, 1.165) is 43.8 Å². The van der Waals surface area contributed by atoms with Gasteiger partial charge in [0.25, 0.3) is 0 Å². The zero-order valence-corrected chi connectivity index (χ0v) is 16.3. The molecule has 0 atom stereocenters. The zero-order chi connectivity index (χ0) is 18.9. The lowest BCUT2D eigenvalue weighted by molar-refractivity contribution is -0.132. The van der Waals surface area contributed by atoms with Crippen LogP contribution in [0.4, 0.5) is 0 Å². The average Bonchev–Trinajstić information content (AvgIpc) is 2.81. The summed E-state index contributed by atoms with van der Waals surface area (Å²) in [6.45, 7) is 8.02. The molecular weight excluding hydrogens is 336 g/mol. The molecule has 0 radical (unpaired) electrons. The summed E-state index contributed by atoms with van der Waals surface area (Å²) in [7, 11) is 0. The van der Waals surface area contributed by atoms with Crippen molar-refractivity contribution < 1.29 is 9.53 Å². The molecule has 0 saturated carbocycles. The highest BCUT2D eigenvalue weighted by Gasteiger charge is 2.41. The van der Waals surface area contributed by atoms with Gasteiger partial charge in [0.15, 0.2) is 0 Å². The summed E-state index contributed by atoms with van der Waals surface area (Å²) in [5, 5.41) is 0. The largest absolute Gasteiger partial charge is 0.485 e. The Labute approximate surface area is 161 Å². The standard InChI is InChI=1S/C23H28N2O2/c1-18-8-9-22-21(14-18)16-25(19(2)26)17-23(27-22)10-12-24(13-11-23)15-20-6-4-3-5-7-20/h3-9,14H,10-13,15-17H2,1-2H3. The number of piperidine rings is 1. The van der Waals surface area contributed by atoms with Gasteiger partial charge in [-0.1, -0.05) is 48.0 Å². The Bertz CT molecular complexity index is 810. The van der Waals surface area contributed by atoms with Crippen molar-refractivity contribution in [2.45, 2.75) is 45.4 Å². The van der Waals surface area contributed by atoms with Gasteiger partial charge in [-0.2, -0.15) is 0 Å². The van der Waals surface area contributed by atoms with Crippen molar-refractivity contribution in [3.63, 3.8) is 0 Å². The van der Waals surface area contributed by atoms with E-state index in [1.165, 1.54) is 11.1 Å². The number of nitrogens with zero attached hydrogens (tertiary/aromatic N) is 2. The maximum atomic E-state index is 12.2. The minimum atomic E-state index is -0.278. The van der Waals surface area contributed by atoms with Gasteiger partial charge in [-0.3, -0.25) is 9.69 Å². The van der Waals surface area contributed by atoms with Crippen LogP contribution in [0.2, 0.25) is 0 Å². The van der Waals surface area contributed by atoms with Crippen LogP contribution < -0.4 is 4.74 Å². The van der Waals surface area contributed by atoms with Crippen molar-refractivity contribution >= 4 is 5.91 Å². The molecule has 2 aliphatic heterocycles. The summed E-state index contributed by atoms with van der Waals surface area (Å²) in [5.74, 6) is 1.07. The molecule has 0 aromatic heterocycles. The van der Waals surface area contributed by atoms with Crippen LogP contribution in [0, 0.1) is 6.92 Å².